The average molecular weight is 266 g/mol. The van der Waals surface area contributed by atoms with Crippen molar-refractivity contribution >= 4 is 17.4 Å². The van der Waals surface area contributed by atoms with E-state index < -0.39 is 18.1 Å². The molecule has 1 amide bonds. The fourth-order valence-corrected chi connectivity index (χ4v) is 2.23. The van der Waals surface area contributed by atoms with Crippen LogP contribution in [0, 0.1) is 0 Å². The molecule has 1 aromatic rings. The van der Waals surface area contributed by atoms with Crippen LogP contribution in [0.5, 0.6) is 5.88 Å². The minimum Gasteiger partial charge on any atom is -0.476 e. The van der Waals surface area contributed by atoms with Gasteiger partial charge in [0.2, 0.25) is 11.8 Å². The Bertz CT molecular complexity index is 480. The Morgan fingerprint density at radius 1 is 1.63 bits per heavy atom. The van der Waals surface area contributed by atoms with Crippen molar-refractivity contribution in [2.24, 2.45) is 5.73 Å². The Hall–Kier alpha value is -2.02. The van der Waals surface area contributed by atoms with Crippen molar-refractivity contribution in [2.75, 3.05) is 23.8 Å². The van der Waals surface area contributed by atoms with Gasteiger partial charge in [0.15, 0.2) is 0 Å². The van der Waals surface area contributed by atoms with Crippen LogP contribution in [0.4, 0.5) is 11.5 Å². The summed E-state index contributed by atoms with van der Waals surface area (Å²) in [6, 6.07) is 2.59. The summed E-state index contributed by atoms with van der Waals surface area (Å²) in [5, 5.41) is 9.79. The van der Waals surface area contributed by atoms with Gasteiger partial charge in [-0.2, -0.15) is 4.98 Å². The van der Waals surface area contributed by atoms with E-state index in [-0.39, 0.29) is 0 Å². The highest BCUT2D eigenvalue weighted by Gasteiger charge is 2.37. The highest BCUT2D eigenvalue weighted by molar-refractivity contribution is 5.85. The summed E-state index contributed by atoms with van der Waals surface area (Å²) in [5.74, 6) is 0.282. The van der Waals surface area contributed by atoms with Crippen LogP contribution in [-0.2, 0) is 4.79 Å². The number of primary amides is 1. The second-order valence-electron chi connectivity index (χ2n) is 4.39. The van der Waals surface area contributed by atoms with Gasteiger partial charge in [0, 0.05) is 6.54 Å². The minimum absolute atomic E-state index is 0.324. The zero-order valence-electron chi connectivity index (χ0n) is 10.7. The summed E-state index contributed by atoms with van der Waals surface area (Å²) >= 11 is 0. The van der Waals surface area contributed by atoms with E-state index in [1.54, 1.807) is 17.0 Å². The number of hydrogen-bond donors (Lipinski definition) is 3. The normalized spacial score (nSPS) is 22.5. The molecule has 0 saturated carbocycles. The van der Waals surface area contributed by atoms with Crippen LogP contribution < -0.4 is 21.1 Å². The van der Waals surface area contributed by atoms with Crippen LogP contribution in [0.25, 0.3) is 0 Å². The predicted molar refractivity (Wildman–Crippen MR) is 70.8 cm³/mol. The first-order chi connectivity index (χ1) is 9.04. The van der Waals surface area contributed by atoms with Crippen LogP contribution in [0.1, 0.15) is 13.3 Å². The van der Waals surface area contributed by atoms with Crippen molar-refractivity contribution in [3.63, 3.8) is 0 Å². The predicted octanol–water partition coefficient (Wildman–Crippen LogP) is -0.513. The molecule has 0 bridgehead atoms. The molecule has 5 N–H and O–H groups in total. The molecule has 1 aromatic heterocycles. The maximum Gasteiger partial charge on any atom is 0.242 e. The largest absolute Gasteiger partial charge is 0.476 e. The highest BCUT2D eigenvalue weighted by atomic mass is 16.5. The Kier molecular flexibility index (Phi) is 3.75. The van der Waals surface area contributed by atoms with Gasteiger partial charge in [-0.1, -0.05) is 0 Å². The van der Waals surface area contributed by atoms with E-state index in [4.69, 9.17) is 16.2 Å². The van der Waals surface area contributed by atoms with Gasteiger partial charge in [0.25, 0.3) is 0 Å². The zero-order valence-corrected chi connectivity index (χ0v) is 10.7. The molecule has 0 aromatic carbocycles. The van der Waals surface area contributed by atoms with Crippen LogP contribution in [0.2, 0.25) is 0 Å². The third kappa shape index (κ3) is 2.55. The smallest absolute Gasteiger partial charge is 0.242 e. The first kappa shape index (κ1) is 13.4. The van der Waals surface area contributed by atoms with E-state index >= 15 is 0 Å². The molecule has 1 aliphatic heterocycles. The van der Waals surface area contributed by atoms with Crippen LogP contribution >= 0.6 is 0 Å². The molecule has 2 atom stereocenters. The molecule has 0 radical (unpaired) electrons. The number of nitrogen functional groups attached to an aromatic ring is 1. The molecule has 0 spiro atoms. The minimum atomic E-state index is -0.771. The van der Waals surface area contributed by atoms with E-state index in [9.17, 15) is 9.90 Å². The summed E-state index contributed by atoms with van der Waals surface area (Å²) in [4.78, 5) is 17.4. The molecule has 2 heterocycles. The van der Waals surface area contributed by atoms with Crippen molar-refractivity contribution in [2.45, 2.75) is 25.5 Å². The Balaban J connectivity index is 2.31. The lowest BCUT2D eigenvalue weighted by Crippen LogP contribution is -2.46. The Morgan fingerprint density at radius 2 is 2.37 bits per heavy atom. The number of ether oxygens (including phenoxy) is 1. The number of aliphatic hydroxyl groups is 1. The molecule has 1 fully saturated rings. The summed E-state index contributed by atoms with van der Waals surface area (Å²) in [5.41, 5.74) is 11.5. The fraction of sp³-hybridized carbons (Fsp3) is 0.500. The number of rotatable bonds is 4. The molecule has 1 saturated heterocycles. The standard InChI is InChI=1S/C12H18N4O3/c1-2-19-12-7(13)3-4-9(15-12)16-6-5-8(17)10(16)11(14)18/h3-4,8,10,17H,2,5-6,13H2,1H3,(H2,14,18). The third-order valence-corrected chi connectivity index (χ3v) is 3.11. The van der Waals surface area contributed by atoms with Crippen molar-refractivity contribution < 1.29 is 14.6 Å². The van der Waals surface area contributed by atoms with Crippen LogP contribution in [-0.4, -0.2) is 41.3 Å². The lowest BCUT2D eigenvalue weighted by molar-refractivity contribution is -0.120. The quantitative estimate of drug-likeness (QED) is 0.676. The summed E-state index contributed by atoms with van der Waals surface area (Å²) < 4.78 is 5.32. The Labute approximate surface area is 111 Å². The number of carbonyl (C=O) groups is 1. The number of hydrogen-bond acceptors (Lipinski definition) is 6. The van der Waals surface area contributed by atoms with E-state index in [1.165, 1.54) is 0 Å². The SMILES string of the molecule is CCOc1nc(N2CCC(O)C2C(N)=O)ccc1N. The number of aromatic nitrogens is 1. The first-order valence-corrected chi connectivity index (χ1v) is 6.18. The van der Waals surface area contributed by atoms with Gasteiger partial charge < -0.3 is 26.2 Å². The zero-order chi connectivity index (χ0) is 14.0. The van der Waals surface area contributed by atoms with Gasteiger partial charge in [0.1, 0.15) is 11.9 Å². The number of nitrogens with zero attached hydrogens (tertiary/aromatic N) is 2. The van der Waals surface area contributed by atoms with Gasteiger partial charge in [0.05, 0.1) is 18.4 Å². The first-order valence-electron chi connectivity index (χ1n) is 6.18. The lowest BCUT2D eigenvalue weighted by atomic mass is 10.1. The van der Waals surface area contributed by atoms with Crippen molar-refractivity contribution in [3.8, 4) is 5.88 Å². The lowest BCUT2D eigenvalue weighted by Gasteiger charge is -2.25. The molecule has 2 rings (SSSR count). The van der Waals surface area contributed by atoms with Crippen molar-refractivity contribution in [1.82, 2.24) is 4.98 Å². The maximum atomic E-state index is 11.4. The van der Waals surface area contributed by atoms with Gasteiger partial charge in [-0.3, -0.25) is 4.79 Å². The highest BCUT2D eigenvalue weighted by Crippen LogP contribution is 2.28. The Morgan fingerprint density at radius 3 is 3.00 bits per heavy atom. The van der Waals surface area contributed by atoms with Gasteiger partial charge in [-0.25, -0.2) is 0 Å². The topological polar surface area (TPSA) is 115 Å². The summed E-state index contributed by atoms with van der Waals surface area (Å²) in [6.45, 7) is 2.79. The molecule has 7 heteroatoms. The average Bonchev–Trinajstić information content (AvgIpc) is 2.74. The van der Waals surface area contributed by atoms with Gasteiger partial charge >= 0.3 is 0 Å². The third-order valence-electron chi connectivity index (χ3n) is 3.11. The maximum absolute atomic E-state index is 11.4. The molecule has 0 aliphatic carbocycles. The van der Waals surface area contributed by atoms with Crippen LogP contribution in [0.15, 0.2) is 12.1 Å². The number of aliphatic hydroxyl groups excluding tert-OH is 1. The van der Waals surface area contributed by atoms with E-state index in [1.807, 2.05) is 6.92 Å². The fourth-order valence-electron chi connectivity index (χ4n) is 2.23. The van der Waals surface area contributed by atoms with Crippen molar-refractivity contribution in [3.05, 3.63) is 12.1 Å². The van der Waals surface area contributed by atoms with E-state index in [0.717, 1.165) is 0 Å². The molecule has 2 unspecified atom stereocenters. The summed E-state index contributed by atoms with van der Waals surface area (Å²) in [7, 11) is 0. The summed E-state index contributed by atoms with van der Waals surface area (Å²) in [6.07, 6.45) is -0.295. The second kappa shape index (κ2) is 5.31. The molecule has 104 valence electrons. The number of pyridine rings is 1. The molecular weight excluding hydrogens is 248 g/mol. The van der Waals surface area contributed by atoms with Crippen molar-refractivity contribution in [1.29, 1.82) is 0 Å². The van der Waals surface area contributed by atoms with E-state index in [2.05, 4.69) is 4.98 Å². The number of carbonyl (C=O) groups excluding carboxylic acids is 1. The molecule has 7 nitrogen and oxygen atoms in total. The molecule has 19 heavy (non-hydrogen) atoms. The second-order valence-corrected chi connectivity index (χ2v) is 4.39. The monoisotopic (exact) mass is 266 g/mol. The number of amides is 1. The molecule has 1 aliphatic rings. The van der Waals surface area contributed by atoms with Gasteiger partial charge in [-0.15, -0.1) is 0 Å². The van der Waals surface area contributed by atoms with E-state index in [0.29, 0.717) is 37.0 Å². The number of nitrogens with two attached hydrogens (primary N) is 2. The molecular formula is C12H18N4O3. The van der Waals surface area contributed by atoms with Crippen LogP contribution in [0.3, 0.4) is 0 Å². The number of anilines is 2. The van der Waals surface area contributed by atoms with Gasteiger partial charge in [-0.05, 0) is 25.5 Å².